The Morgan fingerprint density at radius 3 is 2.68 bits per heavy atom. The maximum atomic E-state index is 11.4. The largest absolute Gasteiger partial charge is 0.481 e. The summed E-state index contributed by atoms with van der Waals surface area (Å²) in [5.41, 5.74) is 0.938. The average molecular weight is 263 g/mol. The number of nitrogens with one attached hydrogen (secondary N) is 1. The molecule has 5 nitrogen and oxygen atoms in total. The lowest BCUT2D eigenvalue weighted by molar-refractivity contribution is -0.137. The Kier molecular flexibility index (Phi) is 4.39. The van der Waals surface area contributed by atoms with Crippen molar-refractivity contribution in [1.29, 1.82) is 0 Å². The van der Waals surface area contributed by atoms with E-state index in [-0.39, 0.29) is 24.9 Å². The lowest BCUT2D eigenvalue weighted by Gasteiger charge is -2.06. The molecule has 0 saturated heterocycles. The van der Waals surface area contributed by atoms with Gasteiger partial charge in [-0.2, -0.15) is 0 Å². The Hall–Kier alpha value is -2.04. The summed E-state index contributed by atoms with van der Waals surface area (Å²) in [4.78, 5) is 21.9. The van der Waals surface area contributed by atoms with Crippen molar-refractivity contribution in [3.8, 4) is 0 Å². The minimum Gasteiger partial charge on any atom is -0.481 e. The summed E-state index contributed by atoms with van der Waals surface area (Å²) >= 11 is 0. The highest BCUT2D eigenvalue weighted by atomic mass is 16.5. The third kappa shape index (κ3) is 4.62. The number of hydrogen-bond donors (Lipinski definition) is 2. The van der Waals surface area contributed by atoms with Crippen molar-refractivity contribution in [2.45, 2.75) is 19.4 Å². The molecule has 1 fully saturated rings. The predicted molar refractivity (Wildman–Crippen MR) is 68.5 cm³/mol. The standard InChI is InChI=1S/C14H17NO4/c16-13(17)7-11-6-12(11)8-15-14(18)19-9-10-4-2-1-3-5-10/h1-5,11-12H,6-9H2,(H,15,18)(H,16,17)/t11-,12-/m0/s1. The lowest BCUT2D eigenvalue weighted by atomic mass is 10.2. The van der Waals surface area contributed by atoms with Crippen molar-refractivity contribution in [3.63, 3.8) is 0 Å². The number of carbonyl (C=O) groups is 2. The zero-order valence-electron chi connectivity index (χ0n) is 10.5. The van der Waals surface area contributed by atoms with E-state index in [2.05, 4.69) is 5.32 Å². The van der Waals surface area contributed by atoms with Crippen LogP contribution in [0.15, 0.2) is 30.3 Å². The Bertz CT molecular complexity index is 446. The number of carboxylic acids is 1. The second-order valence-electron chi connectivity index (χ2n) is 4.80. The van der Waals surface area contributed by atoms with Gasteiger partial charge in [-0.15, -0.1) is 0 Å². The fraction of sp³-hybridized carbons (Fsp3) is 0.429. The molecule has 5 heteroatoms. The van der Waals surface area contributed by atoms with E-state index in [4.69, 9.17) is 9.84 Å². The lowest BCUT2D eigenvalue weighted by Crippen LogP contribution is -2.26. The number of amides is 1. The molecule has 2 atom stereocenters. The van der Waals surface area contributed by atoms with E-state index in [1.54, 1.807) is 0 Å². The average Bonchev–Trinajstić information content (AvgIpc) is 3.12. The van der Waals surface area contributed by atoms with E-state index in [0.29, 0.717) is 6.54 Å². The van der Waals surface area contributed by atoms with Crippen LogP contribution in [0.4, 0.5) is 4.79 Å². The van der Waals surface area contributed by atoms with Crippen LogP contribution in [0.5, 0.6) is 0 Å². The first-order valence-electron chi connectivity index (χ1n) is 6.31. The van der Waals surface area contributed by atoms with Crippen LogP contribution in [0.3, 0.4) is 0 Å². The molecule has 0 unspecified atom stereocenters. The summed E-state index contributed by atoms with van der Waals surface area (Å²) in [6.45, 7) is 0.738. The first kappa shape index (κ1) is 13.4. The molecule has 19 heavy (non-hydrogen) atoms. The first-order valence-corrected chi connectivity index (χ1v) is 6.31. The number of hydrogen-bond acceptors (Lipinski definition) is 3. The highest BCUT2D eigenvalue weighted by molar-refractivity contribution is 5.68. The molecule has 0 radical (unpaired) electrons. The number of carbonyl (C=O) groups excluding carboxylic acids is 1. The van der Waals surface area contributed by atoms with E-state index in [9.17, 15) is 9.59 Å². The zero-order chi connectivity index (χ0) is 13.7. The molecule has 0 aromatic heterocycles. The molecule has 1 aromatic rings. The molecule has 0 bridgehead atoms. The molecule has 0 spiro atoms. The van der Waals surface area contributed by atoms with Gasteiger partial charge < -0.3 is 15.2 Å². The normalized spacial score (nSPS) is 20.6. The van der Waals surface area contributed by atoms with Gasteiger partial charge in [-0.25, -0.2) is 4.79 Å². The van der Waals surface area contributed by atoms with E-state index in [1.165, 1.54) is 0 Å². The Balaban J connectivity index is 1.60. The quantitative estimate of drug-likeness (QED) is 0.823. The molecule has 1 amide bonds. The molecule has 0 heterocycles. The first-order chi connectivity index (χ1) is 9.15. The molecule has 1 aliphatic carbocycles. The smallest absolute Gasteiger partial charge is 0.407 e. The third-order valence-electron chi connectivity index (χ3n) is 3.23. The molecule has 2 rings (SSSR count). The molecule has 102 valence electrons. The van der Waals surface area contributed by atoms with Crippen LogP contribution in [0.1, 0.15) is 18.4 Å². The van der Waals surface area contributed by atoms with Gasteiger partial charge in [0.2, 0.25) is 0 Å². The van der Waals surface area contributed by atoms with Gasteiger partial charge in [-0.05, 0) is 23.8 Å². The molecule has 1 aliphatic rings. The van der Waals surface area contributed by atoms with Gasteiger partial charge in [0.25, 0.3) is 0 Å². The number of ether oxygens (including phenoxy) is 1. The Morgan fingerprint density at radius 1 is 1.26 bits per heavy atom. The summed E-state index contributed by atoms with van der Waals surface area (Å²) in [5.74, 6) is -0.300. The Morgan fingerprint density at radius 2 is 2.00 bits per heavy atom. The Labute approximate surface area is 111 Å². The highest BCUT2D eigenvalue weighted by Crippen LogP contribution is 2.40. The van der Waals surface area contributed by atoms with Crippen molar-refractivity contribution in [3.05, 3.63) is 35.9 Å². The topological polar surface area (TPSA) is 75.6 Å². The van der Waals surface area contributed by atoms with Gasteiger partial charge in [0, 0.05) is 13.0 Å². The van der Waals surface area contributed by atoms with Crippen molar-refractivity contribution >= 4 is 12.1 Å². The molecule has 1 aromatic carbocycles. The van der Waals surface area contributed by atoms with Gasteiger partial charge in [0.15, 0.2) is 0 Å². The van der Waals surface area contributed by atoms with Gasteiger partial charge in [-0.3, -0.25) is 4.79 Å². The van der Waals surface area contributed by atoms with Gasteiger partial charge in [0.05, 0.1) is 0 Å². The van der Waals surface area contributed by atoms with E-state index >= 15 is 0 Å². The number of benzene rings is 1. The second kappa shape index (κ2) is 6.22. The van der Waals surface area contributed by atoms with Crippen LogP contribution >= 0.6 is 0 Å². The fourth-order valence-corrected chi connectivity index (χ4v) is 2.02. The molecule has 2 N–H and O–H groups in total. The maximum absolute atomic E-state index is 11.4. The number of alkyl carbamates (subject to hydrolysis) is 1. The van der Waals surface area contributed by atoms with Crippen LogP contribution in [0, 0.1) is 11.8 Å². The monoisotopic (exact) mass is 263 g/mol. The predicted octanol–water partition coefficient (Wildman–Crippen LogP) is 2.02. The van der Waals surface area contributed by atoms with Gasteiger partial charge in [0.1, 0.15) is 6.61 Å². The molecular weight excluding hydrogens is 246 g/mol. The minimum absolute atomic E-state index is 0.186. The minimum atomic E-state index is -0.779. The summed E-state index contributed by atoms with van der Waals surface area (Å²) in [5, 5.41) is 11.3. The SMILES string of the molecule is O=C(O)C[C@@H]1C[C@H]1CNC(=O)OCc1ccccc1. The van der Waals surface area contributed by atoms with Crippen molar-refractivity contribution in [1.82, 2.24) is 5.32 Å². The number of aliphatic carboxylic acids is 1. The third-order valence-corrected chi connectivity index (χ3v) is 3.23. The van der Waals surface area contributed by atoms with E-state index < -0.39 is 12.1 Å². The molecule has 0 aliphatic heterocycles. The van der Waals surface area contributed by atoms with Crippen LogP contribution in [0.2, 0.25) is 0 Å². The summed E-state index contributed by atoms with van der Waals surface area (Å²) < 4.78 is 5.06. The zero-order valence-corrected chi connectivity index (χ0v) is 10.5. The van der Waals surface area contributed by atoms with Crippen molar-refractivity contribution < 1.29 is 19.4 Å². The number of rotatable bonds is 6. The van der Waals surface area contributed by atoms with E-state index in [0.717, 1.165) is 12.0 Å². The fourth-order valence-electron chi connectivity index (χ4n) is 2.02. The van der Waals surface area contributed by atoms with Crippen LogP contribution in [-0.4, -0.2) is 23.7 Å². The summed E-state index contributed by atoms with van der Waals surface area (Å²) in [6, 6.07) is 9.45. The maximum Gasteiger partial charge on any atom is 0.407 e. The van der Waals surface area contributed by atoms with Gasteiger partial charge >= 0.3 is 12.1 Å². The van der Waals surface area contributed by atoms with Crippen molar-refractivity contribution in [2.24, 2.45) is 11.8 Å². The molecule has 1 saturated carbocycles. The summed E-state index contributed by atoms with van der Waals surface area (Å²) in [6.07, 6.45) is 0.598. The van der Waals surface area contributed by atoms with Crippen LogP contribution in [-0.2, 0) is 16.1 Å². The number of carboxylic acid groups (broad SMARTS) is 1. The van der Waals surface area contributed by atoms with Crippen LogP contribution in [0.25, 0.3) is 0 Å². The highest BCUT2D eigenvalue weighted by Gasteiger charge is 2.38. The summed E-state index contributed by atoms with van der Waals surface area (Å²) in [7, 11) is 0. The van der Waals surface area contributed by atoms with Crippen molar-refractivity contribution in [2.75, 3.05) is 6.54 Å². The second-order valence-corrected chi connectivity index (χ2v) is 4.80. The van der Waals surface area contributed by atoms with Gasteiger partial charge in [-0.1, -0.05) is 30.3 Å². The van der Waals surface area contributed by atoms with E-state index in [1.807, 2.05) is 30.3 Å². The van der Waals surface area contributed by atoms with Crippen LogP contribution < -0.4 is 5.32 Å². The molecular formula is C14H17NO4.